The summed E-state index contributed by atoms with van der Waals surface area (Å²) in [4.78, 5) is 10.2. The van der Waals surface area contributed by atoms with Crippen LogP contribution in [0.2, 0.25) is 0 Å². The molecule has 0 aliphatic rings. The molecule has 0 radical (unpaired) electrons. The first-order valence-corrected chi connectivity index (χ1v) is 7.91. The van der Waals surface area contributed by atoms with Crippen molar-refractivity contribution in [3.8, 4) is 6.07 Å². The second-order valence-electron chi connectivity index (χ2n) is 5.37. The van der Waals surface area contributed by atoms with E-state index in [0.717, 1.165) is 12.1 Å². The number of aromatic carboxylic acids is 1. The monoisotopic (exact) mass is 313 g/mol. The number of carboxylic acids is 1. The summed E-state index contributed by atoms with van der Waals surface area (Å²) in [7, 11) is -3.84. The van der Waals surface area contributed by atoms with Gasteiger partial charge in [-0.15, -0.1) is 0 Å². The van der Waals surface area contributed by atoms with Gasteiger partial charge in [0.15, 0.2) is 9.84 Å². The Morgan fingerprint density at radius 2 is 2.05 bits per heavy atom. The highest BCUT2D eigenvalue weighted by molar-refractivity contribution is 7.91. The summed E-state index contributed by atoms with van der Waals surface area (Å²) in [6.45, 7) is 3.39. The number of halogens is 1. The lowest BCUT2D eigenvalue weighted by molar-refractivity contribution is 0.0696. The highest BCUT2D eigenvalue weighted by Gasteiger charge is 2.23. The van der Waals surface area contributed by atoms with Gasteiger partial charge in [-0.05, 0) is 44.9 Å². The largest absolute Gasteiger partial charge is 0.478 e. The first-order chi connectivity index (χ1) is 9.59. The minimum Gasteiger partial charge on any atom is -0.478 e. The van der Waals surface area contributed by atoms with Crippen molar-refractivity contribution in [2.75, 3.05) is 5.75 Å². The second kappa shape index (κ2) is 6.22. The van der Waals surface area contributed by atoms with Gasteiger partial charge in [0, 0.05) is 0 Å². The molecule has 0 amide bonds. The van der Waals surface area contributed by atoms with Gasteiger partial charge in [0.1, 0.15) is 10.7 Å². The van der Waals surface area contributed by atoms with Gasteiger partial charge in [-0.25, -0.2) is 17.6 Å². The van der Waals surface area contributed by atoms with Crippen molar-refractivity contribution >= 4 is 15.8 Å². The third-order valence-corrected chi connectivity index (χ3v) is 4.86. The normalized spacial score (nSPS) is 11.9. The molecule has 0 saturated heterocycles. The first-order valence-electron chi connectivity index (χ1n) is 6.26. The van der Waals surface area contributed by atoms with E-state index in [2.05, 4.69) is 6.07 Å². The van der Waals surface area contributed by atoms with Gasteiger partial charge < -0.3 is 5.11 Å². The van der Waals surface area contributed by atoms with Gasteiger partial charge >= 0.3 is 5.97 Å². The zero-order chi connectivity index (χ0) is 16.3. The molecule has 0 fully saturated rings. The molecule has 5 nitrogen and oxygen atoms in total. The molecule has 0 bridgehead atoms. The Morgan fingerprint density at radius 3 is 2.52 bits per heavy atom. The molecule has 1 aromatic rings. The molecule has 0 atom stereocenters. The van der Waals surface area contributed by atoms with Crippen LogP contribution in [0.25, 0.3) is 0 Å². The van der Waals surface area contributed by atoms with Crippen LogP contribution in [0.3, 0.4) is 0 Å². The third kappa shape index (κ3) is 4.53. The van der Waals surface area contributed by atoms with Crippen LogP contribution in [0, 0.1) is 22.6 Å². The van der Waals surface area contributed by atoms with Crippen molar-refractivity contribution in [2.45, 2.75) is 31.6 Å². The van der Waals surface area contributed by atoms with E-state index in [0.29, 0.717) is 12.5 Å². The van der Waals surface area contributed by atoms with Gasteiger partial charge in [-0.2, -0.15) is 5.26 Å². The molecule has 1 N–H and O–H groups in total. The fraction of sp³-hybridized carbons (Fsp3) is 0.429. The number of rotatable bonds is 6. The molecule has 0 unspecified atom stereocenters. The standard InChI is InChI=1S/C14H16FNO4S/c1-14(2,9-16)6-3-7-21(19,20)12-5-4-10(13(17)18)8-11(12)15/h4-5,8H,3,6-7H2,1-2H3,(H,17,18). The van der Waals surface area contributed by atoms with Crippen LogP contribution < -0.4 is 0 Å². The van der Waals surface area contributed by atoms with Crippen LogP contribution >= 0.6 is 0 Å². The minimum atomic E-state index is -3.84. The molecule has 21 heavy (non-hydrogen) atoms. The lowest BCUT2D eigenvalue weighted by atomic mass is 9.90. The van der Waals surface area contributed by atoms with E-state index in [1.165, 1.54) is 0 Å². The topological polar surface area (TPSA) is 95.2 Å². The molecule has 7 heteroatoms. The summed E-state index contributed by atoms with van der Waals surface area (Å²) in [6.07, 6.45) is 0.598. The molecule has 0 spiro atoms. The Hall–Kier alpha value is -1.94. The van der Waals surface area contributed by atoms with Gasteiger partial charge in [0.05, 0.1) is 22.8 Å². The molecule has 114 valence electrons. The van der Waals surface area contributed by atoms with Gasteiger partial charge in [-0.1, -0.05) is 0 Å². The fourth-order valence-corrected chi connectivity index (χ4v) is 3.13. The van der Waals surface area contributed by atoms with Crippen LogP contribution in [0.5, 0.6) is 0 Å². The van der Waals surface area contributed by atoms with Crippen LogP contribution in [-0.2, 0) is 9.84 Å². The maximum Gasteiger partial charge on any atom is 0.335 e. The zero-order valence-corrected chi connectivity index (χ0v) is 12.6. The first kappa shape index (κ1) is 17.1. The lowest BCUT2D eigenvalue weighted by Crippen LogP contribution is -2.14. The molecule has 0 aromatic heterocycles. The van der Waals surface area contributed by atoms with Crippen LogP contribution in [-0.4, -0.2) is 25.2 Å². The van der Waals surface area contributed by atoms with Gasteiger partial charge in [0.25, 0.3) is 0 Å². The Bertz CT molecular complexity index is 689. The van der Waals surface area contributed by atoms with E-state index < -0.39 is 31.9 Å². The van der Waals surface area contributed by atoms with Crippen molar-refractivity contribution in [1.82, 2.24) is 0 Å². The molecule has 1 aromatic carbocycles. The van der Waals surface area contributed by atoms with Crippen molar-refractivity contribution in [2.24, 2.45) is 5.41 Å². The average molecular weight is 313 g/mol. The van der Waals surface area contributed by atoms with Gasteiger partial charge in [-0.3, -0.25) is 0 Å². The SMILES string of the molecule is CC(C)(C#N)CCCS(=O)(=O)c1ccc(C(=O)O)cc1F. The van der Waals surface area contributed by atoms with E-state index in [-0.39, 0.29) is 17.7 Å². The number of carboxylic acid groups (broad SMARTS) is 1. The molecule has 0 heterocycles. The molecular weight excluding hydrogens is 297 g/mol. The summed E-state index contributed by atoms with van der Waals surface area (Å²) >= 11 is 0. The minimum absolute atomic E-state index is 0.225. The summed E-state index contributed by atoms with van der Waals surface area (Å²) in [6, 6.07) is 4.77. The molecule has 0 aliphatic heterocycles. The Labute approximate surface area is 122 Å². The second-order valence-corrected chi connectivity index (χ2v) is 7.45. The van der Waals surface area contributed by atoms with E-state index in [9.17, 15) is 17.6 Å². The predicted octanol–water partition coefficient (Wildman–Crippen LogP) is 2.63. The van der Waals surface area contributed by atoms with Crippen LogP contribution in [0.1, 0.15) is 37.0 Å². The summed E-state index contributed by atoms with van der Waals surface area (Å²) in [5.41, 5.74) is -0.946. The van der Waals surface area contributed by atoms with Gasteiger partial charge in [0.2, 0.25) is 0 Å². The van der Waals surface area contributed by atoms with E-state index in [1.54, 1.807) is 13.8 Å². The van der Waals surface area contributed by atoms with Crippen LogP contribution in [0.4, 0.5) is 4.39 Å². The summed E-state index contributed by atoms with van der Waals surface area (Å²) in [5, 5.41) is 17.6. The smallest absolute Gasteiger partial charge is 0.335 e. The fourth-order valence-electron chi connectivity index (χ4n) is 1.76. The zero-order valence-electron chi connectivity index (χ0n) is 11.8. The number of carbonyl (C=O) groups is 1. The van der Waals surface area contributed by atoms with Crippen molar-refractivity contribution in [3.05, 3.63) is 29.6 Å². The Balaban J connectivity index is 2.89. The predicted molar refractivity (Wildman–Crippen MR) is 74.0 cm³/mol. The number of sulfone groups is 1. The summed E-state index contributed by atoms with van der Waals surface area (Å²) in [5.74, 6) is -2.69. The van der Waals surface area contributed by atoms with Crippen molar-refractivity contribution in [1.29, 1.82) is 5.26 Å². The third-order valence-electron chi connectivity index (χ3n) is 3.03. The molecular formula is C14H16FNO4S. The average Bonchev–Trinajstić information content (AvgIpc) is 2.37. The number of hydrogen-bond donors (Lipinski definition) is 1. The lowest BCUT2D eigenvalue weighted by Gasteiger charge is -2.14. The maximum atomic E-state index is 13.7. The van der Waals surface area contributed by atoms with Crippen molar-refractivity contribution < 1.29 is 22.7 Å². The van der Waals surface area contributed by atoms with E-state index in [4.69, 9.17) is 10.4 Å². The van der Waals surface area contributed by atoms with E-state index >= 15 is 0 Å². The molecule has 1 rings (SSSR count). The number of benzene rings is 1. The Kier molecular flexibility index (Phi) is 5.07. The highest BCUT2D eigenvalue weighted by atomic mass is 32.2. The number of nitrogens with zero attached hydrogens (tertiary/aromatic N) is 1. The Morgan fingerprint density at radius 1 is 1.43 bits per heavy atom. The number of hydrogen-bond acceptors (Lipinski definition) is 4. The molecule has 0 aliphatic carbocycles. The van der Waals surface area contributed by atoms with E-state index in [1.807, 2.05) is 0 Å². The number of nitriles is 1. The quantitative estimate of drug-likeness (QED) is 0.871. The highest BCUT2D eigenvalue weighted by Crippen LogP contribution is 2.23. The molecule has 0 saturated carbocycles. The van der Waals surface area contributed by atoms with Crippen molar-refractivity contribution in [3.63, 3.8) is 0 Å². The maximum absolute atomic E-state index is 13.7. The van der Waals surface area contributed by atoms with Crippen LogP contribution in [0.15, 0.2) is 23.1 Å². The summed E-state index contributed by atoms with van der Waals surface area (Å²) < 4.78 is 37.8.